The Balaban J connectivity index is 2.67. The summed E-state index contributed by atoms with van der Waals surface area (Å²) in [7, 11) is -1.64. The van der Waals surface area contributed by atoms with Gasteiger partial charge in [-0.15, -0.1) is 0 Å². The Morgan fingerprint density at radius 3 is 2.82 bits per heavy atom. The Morgan fingerprint density at radius 1 is 1.53 bits per heavy atom. The van der Waals surface area contributed by atoms with Crippen LogP contribution in [0.4, 0.5) is 5.69 Å². The molecule has 0 aliphatic heterocycles. The maximum atomic E-state index is 11.9. The fourth-order valence-electron chi connectivity index (χ4n) is 1.22. The third-order valence-corrected chi connectivity index (χ3v) is 3.94. The lowest BCUT2D eigenvalue weighted by molar-refractivity contribution is 0.358. The summed E-state index contributed by atoms with van der Waals surface area (Å²) in [5.74, 6) is 0. The number of anilines is 1. The van der Waals surface area contributed by atoms with Crippen LogP contribution in [0.3, 0.4) is 0 Å². The molecule has 0 aliphatic rings. The SMILES string of the molecule is CCN(C)CCNS(=O)(=O)c1cnccc1N. The van der Waals surface area contributed by atoms with Crippen molar-refractivity contribution < 1.29 is 8.42 Å². The fraction of sp³-hybridized carbons (Fsp3) is 0.500. The predicted molar refractivity (Wildman–Crippen MR) is 67.0 cm³/mol. The molecule has 1 aromatic rings. The van der Waals surface area contributed by atoms with E-state index in [0.717, 1.165) is 6.54 Å². The standard InChI is InChI=1S/C10H18N4O2S/c1-3-14(2)7-6-13-17(15,16)10-8-12-5-4-9(10)11/h4-5,8,13H,3,6-7H2,1-2H3,(H2,11,12). The number of pyridine rings is 1. The third kappa shape index (κ3) is 3.95. The summed E-state index contributed by atoms with van der Waals surface area (Å²) < 4.78 is 26.2. The highest BCUT2D eigenvalue weighted by atomic mass is 32.2. The normalized spacial score (nSPS) is 11.9. The number of aromatic nitrogens is 1. The quantitative estimate of drug-likeness (QED) is 0.743. The number of nitrogen functional groups attached to an aromatic ring is 1. The average molecular weight is 258 g/mol. The lowest BCUT2D eigenvalue weighted by Gasteiger charge is -2.14. The third-order valence-electron chi connectivity index (χ3n) is 2.43. The van der Waals surface area contributed by atoms with Crippen molar-refractivity contribution in [3.63, 3.8) is 0 Å². The predicted octanol–water partition coefficient (Wildman–Crippen LogP) is -0.106. The summed E-state index contributed by atoms with van der Waals surface area (Å²) in [6, 6.07) is 1.47. The number of nitrogens with one attached hydrogen (secondary N) is 1. The van der Waals surface area contributed by atoms with Gasteiger partial charge in [-0.1, -0.05) is 6.92 Å². The monoisotopic (exact) mass is 258 g/mol. The molecule has 0 aromatic carbocycles. The molecular formula is C10H18N4O2S. The van der Waals surface area contributed by atoms with E-state index in [2.05, 4.69) is 9.71 Å². The smallest absolute Gasteiger partial charge is 0.244 e. The van der Waals surface area contributed by atoms with Gasteiger partial charge in [-0.05, 0) is 19.7 Å². The molecule has 17 heavy (non-hydrogen) atoms. The van der Waals surface area contributed by atoms with Gasteiger partial charge in [-0.2, -0.15) is 0 Å². The van der Waals surface area contributed by atoms with Crippen molar-refractivity contribution in [1.82, 2.24) is 14.6 Å². The van der Waals surface area contributed by atoms with E-state index in [9.17, 15) is 8.42 Å². The van der Waals surface area contributed by atoms with Crippen LogP contribution in [0.15, 0.2) is 23.4 Å². The second kappa shape index (κ2) is 5.95. The van der Waals surface area contributed by atoms with E-state index >= 15 is 0 Å². The van der Waals surface area contributed by atoms with Crippen molar-refractivity contribution >= 4 is 15.7 Å². The Bertz CT molecular complexity index is 461. The highest BCUT2D eigenvalue weighted by Crippen LogP contribution is 2.14. The number of hydrogen-bond acceptors (Lipinski definition) is 5. The molecule has 0 atom stereocenters. The van der Waals surface area contributed by atoms with E-state index in [1.807, 2.05) is 18.9 Å². The van der Waals surface area contributed by atoms with Crippen LogP contribution < -0.4 is 10.5 Å². The molecule has 1 aromatic heterocycles. The van der Waals surface area contributed by atoms with Gasteiger partial charge in [0.1, 0.15) is 4.90 Å². The van der Waals surface area contributed by atoms with Gasteiger partial charge in [0.15, 0.2) is 0 Å². The first-order valence-electron chi connectivity index (χ1n) is 5.35. The van der Waals surface area contributed by atoms with E-state index < -0.39 is 10.0 Å². The van der Waals surface area contributed by atoms with Gasteiger partial charge < -0.3 is 10.6 Å². The van der Waals surface area contributed by atoms with Crippen LogP contribution in [0.25, 0.3) is 0 Å². The Labute approximate surface area is 102 Å². The van der Waals surface area contributed by atoms with Crippen molar-refractivity contribution in [2.24, 2.45) is 0 Å². The van der Waals surface area contributed by atoms with E-state index in [-0.39, 0.29) is 10.6 Å². The Morgan fingerprint density at radius 2 is 2.24 bits per heavy atom. The molecule has 0 bridgehead atoms. The van der Waals surface area contributed by atoms with Crippen LogP contribution in [0, 0.1) is 0 Å². The largest absolute Gasteiger partial charge is 0.398 e. The van der Waals surface area contributed by atoms with Crippen LogP contribution in [0.1, 0.15) is 6.92 Å². The highest BCUT2D eigenvalue weighted by Gasteiger charge is 2.16. The molecule has 3 N–H and O–H groups in total. The van der Waals surface area contributed by atoms with Gasteiger partial charge in [0.2, 0.25) is 10.0 Å². The molecule has 0 saturated heterocycles. The summed E-state index contributed by atoms with van der Waals surface area (Å²) in [4.78, 5) is 5.80. The topological polar surface area (TPSA) is 88.3 Å². The van der Waals surface area contributed by atoms with Gasteiger partial charge in [-0.3, -0.25) is 4.98 Å². The molecule has 6 nitrogen and oxygen atoms in total. The van der Waals surface area contributed by atoms with Crippen LogP contribution >= 0.6 is 0 Å². The number of likely N-dealkylation sites (N-methyl/N-ethyl adjacent to an activating group) is 1. The van der Waals surface area contributed by atoms with Crippen molar-refractivity contribution in [3.05, 3.63) is 18.5 Å². The van der Waals surface area contributed by atoms with E-state index in [1.54, 1.807) is 0 Å². The van der Waals surface area contributed by atoms with Crippen LogP contribution in [0.5, 0.6) is 0 Å². The van der Waals surface area contributed by atoms with Crippen molar-refractivity contribution in [2.75, 3.05) is 32.4 Å². The maximum absolute atomic E-state index is 11.9. The number of nitrogens with zero attached hydrogens (tertiary/aromatic N) is 2. The minimum atomic E-state index is -3.56. The van der Waals surface area contributed by atoms with Gasteiger partial charge in [0, 0.05) is 25.5 Å². The zero-order valence-electron chi connectivity index (χ0n) is 10.0. The second-order valence-corrected chi connectivity index (χ2v) is 5.44. The van der Waals surface area contributed by atoms with E-state index in [1.165, 1.54) is 18.5 Å². The molecule has 1 rings (SSSR count). The van der Waals surface area contributed by atoms with E-state index in [0.29, 0.717) is 13.1 Å². The van der Waals surface area contributed by atoms with Gasteiger partial charge in [0.05, 0.1) is 5.69 Å². The molecular weight excluding hydrogens is 240 g/mol. The van der Waals surface area contributed by atoms with Crippen molar-refractivity contribution in [3.8, 4) is 0 Å². The minimum Gasteiger partial charge on any atom is -0.398 e. The molecule has 0 aliphatic carbocycles. The Kier molecular flexibility index (Phi) is 4.86. The molecule has 0 amide bonds. The zero-order chi connectivity index (χ0) is 12.9. The number of hydrogen-bond donors (Lipinski definition) is 2. The zero-order valence-corrected chi connectivity index (χ0v) is 10.9. The molecule has 0 radical (unpaired) electrons. The van der Waals surface area contributed by atoms with Gasteiger partial charge >= 0.3 is 0 Å². The lowest BCUT2D eigenvalue weighted by Crippen LogP contribution is -2.33. The minimum absolute atomic E-state index is 0.0270. The first kappa shape index (κ1) is 13.9. The Hall–Kier alpha value is -1.18. The average Bonchev–Trinajstić information content (AvgIpc) is 2.28. The molecule has 7 heteroatoms. The number of rotatable bonds is 6. The summed E-state index contributed by atoms with van der Waals surface area (Å²) in [6.07, 6.45) is 2.71. The van der Waals surface area contributed by atoms with E-state index in [4.69, 9.17) is 5.73 Å². The van der Waals surface area contributed by atoms with Gasteiger partial charge in [-0.25, -0.2) is 13.1 Å². The maximum Gasteiger partial charge on any atom is 0.244 e. The number of sulfonamides is 1. The van der Waals surface area contributed by atoms with Crippen LogP contribution in [-0.4, -0.2) is 45.0 Å². The van der Waals surface area contributed by atoms with Crippen LogP contribution in [-0.2, 0) is 10.0 Å². The van der Waals surface area contributed by atoms with Crippen molar-refractivity contribution in [1.29, 1.82) is 0 Å². The molecule has 0 unspecified atom stereocenters. The molecule has 96 valence electrons. The highest BCUT2D eigenvalue weighted by molar-refractivity contribution is 7.89. The van der Waals surface area contributed by atoms with Crippen molar-refractivity contribution in [2.45, 2.75) is 11.8 Å². The molecule has 1 heterocycles. The van der Waals surface area contributed by atoms with Gasteiger partial charge in [0.25, 0.3) is 0 Å². The molecule has 0 saturated carbocycles. The van der Waals surface area contributed by atoms with Crippen LogP contribution in [0.2, 0.25) is 0 Å². The molecule has 0 spiro atoms. The summed E-state index contributed by atoms with van der Waals surface area (Å²) in [5, 5.41) is 0. The fourth-order valence-corrected chi connectivity index (χ4v) is 2.32. The first-order valence-corrected chi connectivity index (χ1v) is 6.83. The summed E-state index contributed by atoms with van der Waals surface area (Å²) in [5.41, 5.74) is 5.80. The molecule has 0 fully saturated rings. The summed E-state index contributed by atoms with van der Waals surface area (Å²) >= 11 is 0. The number of nitrogens with two attached hydrogens (primary N) is 1. The first-order chi connectivity index (χ1) is 7.97. The summed E-state index contributed by atoms with van der Waals surface area (Å²) in [6.45, 7) is 3.88. The second-order valence-electron chi connectivity index (χ2n) is 3.71. The lowest BCUT2D eigenvalue weighted by atomic mass is 10.4.